The number of aromatic nitrogens is 6. The van der Waals surface area contributed by atoms with Gasteiger partial charge in [-0.15, -0.1) is 10.2 Å². The Bertz CT molecular complexity index is 587. The zero-order chi connectivity index (χ0) is 15.2. The van der Waals surface area contributed by atoms with Gasteiger partial charge in [-0.2, -0.15) is 10.3 Å². The van der Waals surface area contributed by atoms with E-state index in [4.69, 9.17) is 0 Å². The highest BCUT2D eigenvalue weighted by Crippen LogP contribution is 2.25. The van der Waals surface area contributed by atoms with Gasteiger partial charge in [0.1, 0.15) is 5.82 Å². The molecule has 2 aromatic heterocycles. The Kier molecular flexibility index (Phi) is 4.62. The van der Waals surface area contributed by atoms with Crippen molar-refractivity contribution in [2.24, 2.45) is 5.92 Å². The van der Waals surface area contributed by atoms with E-state index in [2.05, 4.69) is 36.4 Å². The number of carbonyl (C=O) groups is 1. The Labute approximate surface area is 127 Å². The summed E-state index contributed by atoms with van der Waals surface area (Å²) in [5.74, 6) is 1.79. The minimum atomic E-state index is -0.310. The van der Waals surface area contributed by atoms with E-state index in [1.807, 2.05) is 4.68 Å². The van der Waals surface area contributed by atoms with E-state index in [1.54, 1.807) is 12.3 Å². The molecule has 1 saturated carbocycles. The number of aromatic amines is 1. The summed E-state index contributed by atoms with van der Waals surface area (Å²) in [5, 5.41) is 23.1. The summed E-state index contributed by atoms with van der Waals surface area (Å²) in [4.78, 5) is 11.9. The number of nitrogens with one attached hydrogen (secondary N) is 3. The van der Waals surface area contributed by atoms with Gasteiger partial charge in [0.25, 0.3) is 0 Å². The number of urea groups is 1. The third kappa shape index (κ3) is 3.80. The lowest BCUT2D eigenvalue weighted by molar-refractivity contribution is 0.251. The molecular weight excluding hydrogens is 284 g/mol. The minimum Gasteiger partial charge on any atom is -0.330 e. The van der Waals surface area contributed by atoms with Crippen LogP contribution in [-0.4, -0.2) is 36.4 Å². The lowest BCUT2D eigenvalue weighted by Crippen LogP contribution is -2.30. The van der Waals surface area contributed by atoms with Crippen LogP contribution in [-0.2, 0) is 13.1 Å². The number of hydrogen-bond acceptors (Lipinski definition) is 5. The lowest BCUT2D eigenvalue weighted by atomic mass is 9.89. The van der Waals surface area contributed by atoms with E-state index in [1.165, 1.54) is 32.1 Å². The molecule has 3 rings (SSSR count). The van der Waals surface area contributed by atoms with Crippen molar-refractivity contribution in [1.82, 2.24) is 35.7 Å². The van der Waals surface area contributed by atoms with Gasteiger partial charge in [-0.3, -0.25) is 5.32 Å². The number of anilines is 1. The summed E-state index contributed by atoms with van der Waals surface area (Å²) < 4.78 is 1.86. The molecule has 0 bridgehead atoms. The Morgan fingerprint density at radius 2 is 2.23 bits per heavy atom. The van der Waals surface area contributed by atoms with E-state index >= 15 is 0 Å². The number of amides is 2. The zero-order valence-corrected chi connectivity index (χ0v) is 12.3. The first-order valence-electron chi connectivity index (χ1n) is 7.60. The highest BCUT2D eigenvalue weighted by atomic mass is 16.2. The molecule has 0 aliphatic heterocycles. The van der Waals surface area contributed by atoms with Crippen molar-refractivity contribution in [3.05, 3.63) is 18.1 Å². The van der Waals surface area contributed by atoms with Crippen LogP contribution in [0.3, 0.4) is 0 Å². The topological polar surface area (TPSA) is 113 Å². The van der Waals surface area contributed by atoms with Gasteiger partial charge in [-0.1, -0.05) is 24.5 Å². The molecule has 9 nitrogen and oxygen atoms in total. The van der Waals surface area contributed by atoms with E-state index < -0.39 is 0 Å². The molecule has 118 valence electrons. The van der Waals surface area contributed by atoms with Crippen molar-refractivity contribution in [3.8, 4) is 0 Å². The highest BCUT2D eigenvalue weighted by Gasteiger charge is 2.16. The van der Waals surface area contributed by atoms with Crippen molar-refractivity contribution in [2.75, 3.05) is 5.32 Å². The molecule has 1 aliphatic carbocycles. The van der Waals surface area contributed by atoms with Crippen LogP contribution in [0.2, 0.25) is 0 Å². The van der Waals surface area contributed by atoms with Gasteiger partial charge in [-0.25, -0.2) is 9.48 Å². The van der Waals surface area contributed by atoms with Crippen molar-refractivity contribution in [1.29, 1.82) is 0 Å². The van der Waals surface area contributed by atoms with Crippen LogP contribution in [0.1, 0.15) is 37.9 Å². The molecular formula is C13H20N8O. The number of carbonyl (C=O) groups excluding carboxylic acids is 1. The predicted molar refractivity (Wildman–Crippen MR) is 78.8 cm³/mol. The van der Waals surface area contributed by atoms with Gasteiger partial charge < -0.3 is 5.32 Å². The van der Waals surface area contributed by atoms with Gasteiger partial charge in [0.2, 0.25) is 0 Å². The molecule has 3 N–H and O–H groups in total. The van der Waals surface area contributed by atoms with Crippen molar-refractivity contribution >= 4 is 11.8 Å². The first-order valence-corrected chi connectivity index (χ1v) is 7.60. The van der Waals surface area contributed by atoms with E-state index in [0.29, 0.717) is 17.6 Å². The van der Waals surface area contributed by atoms with Gasteiger partial charge in [0.15, 0.2) is 5.82 Å². The van der Waals surface area contributed by atoms with Gasteiger partial charge in [0, 0.05) is 12.6 Å². The summed E-state index contributed by atoms with van der Waals surface area (Å²) in [5.41, 5.74) is 0. The lowest BCUT2D eigenvalue weighted by Gasteiger charge is -2.22. The molecule has 0 atom stereocenters. The number of rotatable bonds is 5. The standard InChI is InChI=1S/C13H20N8O/c22-13(14-8-11-17-19-20-18-11)16-12-6-7-15-21(12)9-10-4-2-1-3-5-10/h6-7,10H,1-5,8-9H2,(H2,14,16,22)(H,17,18,19,20). The maximum atomic E-state index is 11.9. The molecule has 0 unspecified atom stereocenters. The predicted octanol–water partition coefficient (Wildman–Crippen LogP) is 1.30. The summed E-state index contributed by atoms with van der Waals surface area (Å²) in [6, 6.07) is 1.49. The maximum absolute atomic E-state index is 11.9. The Morgan fingerprint density at radius 3 is 3.00 bits per heavy atom. The SMILES string of the molecule is O=C(NCc1nn[nH]n1)Nc1ccnn1CC1CCCCC1. The van der Waals surface area contributed by atoms with Crippen molar-refractivity contribution in [2.45, 2.75) is 45.2 Å². The Morgan fingerprint density at radius 1 is 1.36 bits per heavy atom. The van der Waals surface area contributed by atoms with Crippen LogP contribution in [0.25, 0.3) is 0 Å². The van der Waals surface area contributed by atoms with E-state index in [9.17, 15) is 4.79 Å². The van der Waals surface area contributed by atoms with E-state index in [0.717, 1.165) is 6.54 Å². The minimum absolute atomic E-state index is 0.221. The average Bonchev–Trinajstić information content (AvgIpc) is 3.19. The average molecular weight is 304 g/mol. The third-order valence-electron chi connectivity index (χ3n) is 3.91. The zero-order valence-electron chi connectivity index (χ0n) is 12.3. The molecule has 1 aliphatic rings. The highest BCUT2D eigenvalue weighted by molar-refractivity contribution is 5.88. The van der Waals surface area contributed by atoms with Crippen LogP contribution >= 0.6 is 0 Å². The molecule has 0 aromatic carbocycles. The van der Waals surface area contributed by atoms with Gasteiger partial charge >= 0.3 is 6.03 Å². The molecule has 1 fully saturated rings. The summed E-state index contributed by atoms with van der Waals surface area (Å²) in [6.07, 6.45) is 8.10. The maximum Gasteiger partial charge on any atom is 0.320 e. The molecule has 2 heterocycles. The number of hydrogen-bond donors (Lipinski definition) is 3. The summed E-state index contributed by atoms with van der Waals surface area (Å²) in [7, 11) is 0. The fourth-order valence-corrected chi connectivity index (χ4v) is 2.78. The smallest absolute Gasteiger partial charge is 0.320 e. The van der Waals surface area contributed by atoms with Crippen LogP contribution in [0.5, 0.6) is 0 Å². The monoisotopic (exact) mass is 304 g/mol. The van der Waals surface area contributed by atoms with Crippen molar-refractivity contribution in [3.63, 3.8) is 0 Å². The van der Waals surface area contributed by atoms with E-state index in [-0.39, 0.29) is 12.6 Å². The first kappa shape index (κ1) is 14.5. The van der Waals surface area contributed by atoms with Crippen LogP contribution in [0, 0.1) is 5.92 Å². The third-order valence-corrected chi connectivity index (χ3v) is 3.91. The Hall–Kier alpha value is -2.45. The molecule has 0 spiro atoms. The largest absolute Gasteiger partial charge is 0.330 e. The van der Waals surface area contributed by atoms with Crippen LogP contribution in [0.15, 0.2) is 12.3 Å². The van der Waals surface area contributed by atoms with Crippen molar-refractivity contribution < 1.29 is 4.79 Å². The molecule has 0 saturated heterocycles. The molecule has 9 heteroatoms. The second kappa shape index (κ2) is 7.01. The van der Waals surface area contributed by atoms with Gasteiger partial charge in [0.05, 0.1) is 12.7 Å². The number of H-pyrrole nitrogens is 1. The van der Waals surface area contributed by atoms with Crippen LogP contribution < -0.4 is 10.6 Å². The number of tetrazole rings is 1. The molecule has 2 amide bonds. The summed E-state index contributed by atoms with van der Waals surface area (Å²) in [6.45, 7) is 1.08. The second-order valence-corrected chi connectivity index (χ2v) is 5.54. The second-order valence-electron chi connectivity index (χ2n) is 5.54. The fourth-order valence-electron chi connectivity index (χ4n) is 2.78. The molecule has 22 heavy (non-hydrogen) atoms. The fraction of sp³-hybridized carbons (Fsp3) is 0.615. The first-order chi connectivity index (χ1) is 10.8. The Balaban J connectivity index is 1.51. The summed E-state index contributed by atoms with van der Waals surface area (Å²) >= 11 is 0. The number of nitrogens with zero attached hydrogens (tertiary/aromatic N) is 5. The quantitative estimate of drug-likeness (QED) is 0.770. The molecule has 0 radical (unpaired) electrons. The molecule has 2 aromatic rings. The van der Waals surface area contributed by atoms with Crippen LogP contribution in [0.4, 0.5) is 10.6 Å². The normalized spacial score (nSPS) is 15.6. The van der Waals surface area contributed by atoms with Gasteiger partial charge in [-0.05, 0) is 18.8 Å².